The largest absolute Gasteiger partial charge is 0.377 e. The van der Waals surface area contributed by atoms with E-state index >= 15 is 0 Å². The van der Waals surface area contributed by atoms with E-state index in [0.717, 1.165) is 5.57 Å². The molecule has 0 amide bonds. The maximum atomic E-state index is 4.33. The zero-order valence-electron chi connectivity index (χ0n) is 12.7. The number of rotatable bonds is 4. The lowest BCUT2D eigenvalue weighted by Crippen LogP contribution is -2.13. The first-order chi connectivity index (χ1) is 9.52. The van der Waals surface area contributed by atoms with Gasteiger partial charge in [-0.05, 0) is 17.7 Å². The van der Waals surface area contributed by atoms with Crippen LogP contribution in [0.3, 0.4) is 0 Å². The highest BCUT2D eigenvalue weighted by atomic mass is 15.1. The molecule has 2 nitrogen and oxygen atoms in total. The van der Waals surface area contributed by atoms with Crippen LogP contribution in [0, 0.1) is 0 Å². The van der Waals surface area contributed by atoms with Crippen LogP contribution in [0.2, 0.25) is 0 Å². The van der Waals surface area contributed by atoms with Crippen LogP contribution in [0.1, 0.15) is 11.1 Å². The van der Waals surface area contributed by atoms with Gasteiger partial charge >= 0.3 is 0 Å². The van der Waals surface area contributed by atoms with Crippen LogP contribution in [0.4, 0.5) is 11.4 Å². The van der Waals surface area contributed by atoms with Crippen LogP contribution in [-0.2, 0) is 0 Å². The maximum absolute atomic E-state index is 4.33. The van der Waals surface area contributed by atoms with Crippen molar-refractivity contribution in [3.8, 4) is 0 Å². The van der Waals surface area contributed by atoms with Gasteiger partial charge in [-0.15, -0.1) is 0 Å². The second kappa shape index (κ2) is 5.83. The van der Waals surface area contributed by atoms with Gasteiger partial charge in [0.2, 0.25) is 0 Å². The monoisotopic (exact) mass is 266 g/mol. The number of hydrogen-bond donors (Lipinski definition) is 0. The number of benzene rings is 2. The molecule has 2 aromatic carbocycles. The smallest absolute Gasteiger partial charge is 0.0440 e. The molecule has 2 rings (SSSR count). The number of nitrogens with zero attached hydrogens (tertiary/aromatic N) is 2. The van der Waals surface area contributed by atoms with Crippen LogP contribution >= 0.6 is 0 Å². The quantitative estimate of drug-likeness (QED) is 0.828. The molecule has 0 N–H and O–H groups in total. The van der Waals surface area contributed by atoms with Crippen molar-refractivity contribution in [2.75, 3.05) is 38.0 Å². The Hall–Kier alpha value is -2.22. The molecule has 0 aliphatic heterocycles. The third-order valence-corrected chi connectivity index (χ3v) is 3.42. The number of anilines is 2. The van der Waals surface area contributed by atoms with E-state index < -0.39 is 0 Å². The van der Waals surface area contributed by atoms with Gasteiger partial charge in [0.15, 0.2) is 0 Å². The standard InChI is InChI=1S/C18H22N2/c1-14(15-10-6-8-12-17(15)19(2)3)16-11-7-9-13-18(16)20(4)5/h6-13H,1H2,2-5H3. The Morgan fingerprint density at radius 3 is 1.40 bits per heavy atom. The number of para-hydroxylation sites is 2. The summed E-state index contributed by atoms with van der Waals surface area (Å²) < 4.78 is 0. The second-order valence-electron chi connectivity index (χ2n) is 5.30. The van der Waals surface area contributed by atoms with E-state index in [1.807, 2.05) is 0 Å². The molecule has 2 heteroatoms. The molecule has 0 heterocycles. The Morgan fingerprint density at radius 2 is 1.05 bits per heavy atom. The summed E-state index contributed by atoms with van der Waals surface area (Å²) in [5.74, 6) is 0. The van der Waals surface area contributed by atoms with Crippen molar-refractivity contribution in [2.24, 2.45) is 0 Å². The molecule has 0 saturated heterocycles. The first kappa shape index (κ1) is 14.2. The molecule has 0 radical (unpaired) electrons. The van der Waals surface area contributed by atoms with Crippen LogP contribution in [0.15, 0.2) is 55.1 Å². The minimum Gasteiger partial charge on any atom is -0.377 e. The summed E-state index contributed by atoms with van der Waals surface area (Å²) in [5.41, 5.74) is 5.77. The number of hydrogen-bond acceptors (Lipinski definition) is 2. The summed E-state index contributed by atoms with van der Waals surface area (Å²) >= 11 is 0. The van der Waals surface area contributed by atoms with E-state index in [4.69, 9.17) is 0 Å². The van der Waals surface area contributed by atoms with Gasteiger partial charge in [-0.1, -0.05) is 43.0 Å². The Morgan fingerprint density at radius 1 is 0.700 bits per heavy atom. The zero-order valence-corrected chi connectivity index (χ0v) is 12.7. The van der Waals surface area contributed by atoms with Crippen LogP contribution in [0.5, 0.6) is 0 Å². The Balaban J connectivity index is 2.53. The van der Waals surface area contributed by atoms with Gasteiger partial charge in [-0.25, -0.2) is 0 Å². The molecule has 0 fully saturated rings. The summed E-state index contributed by atoms with van der Waals surface area (Å²) in [7, 11) is 8.24. The lowest BCUT2D eigenvalue weighted by atomic mass is 9.96. The Labute approximate surface area is 122 Å². The van der Waals surface area contributed by atoms with Crippen molar-refractivity contribution < 1.29 is 0 Å². The molecular weight excluding hydrogens is 244 g/mol. The molecule has 0 aromatic heterocycles. The van der Waals surface area contributed by atoms with Crippen molar-refractivity contribution in [1.29, 1.82) is 0 Å². The van der Waals surface area contributed by atoms with Gasteiger partial charge in [-0.2, -0.15) is 0 Å². The fraction of sp³-hybridized carbons (Fsp3) is 0.222. The highest BCUT2D eigenvalue weighted by Gasteiger charge is 2.12. The first-order valence-corrected chi connectivity index (χ1v) is 6.74. The maximum Gasteiger partial charge on any atom is 0.0440 e. The van der Waals surface area contributed by atoms with Gasteiger partial charge in [0.25, 0.3) is 0 Å². The van der Waals surface area contributed by atoms with Crippen molar-refractivity contribution in [3.63, 3.8) is 0 Å². The van der Waals surface area contributed by atoms with Gasteiger partial charge in [0.05, 0.1) is 0 Å². The van der Waals surface area contributed by atoms with E-state index in [1.54, 1.807) is 0 Å². The Kier molecular flexibility index (Phi) is 4.14. The van der Waals surface area contributed by atoms with E-state index in [0.29, 0.717) is 0 Å². The SMILES string of the molecule is C=C(c1ccccc1N(C)C)c1ccccc1N(C)C. The predicted octanol–water partition coefficient (Wildman–Crippen LogP) is 3.88. The lowest BCUT2D eigenvalue weighted by molar-refractivity contribution is 1.12. The molecule has 0 aliphatic rings. The van der Waals surface area contributed by atoms with Gasteiger partial charge in [0.1, 0.15) is 0 Å². The van der Waals surface area contributed by atoms with Gasteiger partial charge in [-0.3, -0.25) is 0 Å². The third-order valence-electron chi connectivity index (χ3n) is 3.42. The fourth-order valence-electron chi connectivity index (χ4n) is 2.38. The summed E-state index contributed by atoms with van der Waals surface area (Å²) in [5, 5.41) is 0. The molecule has 0 spiro atoms. The topological polar surface area (TPSA) is 6.48 Å². The van der Waals surface area contributed by atoms with E-state index in [1.165, 1.54) is 22.5 Å². The van der Waals surface area contributed by atoms with Crippen LogP contribution < -0.4 is 9.80 Å². The molecule has 0 atom stereocenters. The molecular formula is C18H22N2. The average molecular weight is 266 g/mol. The minimum atomic E-state index is 1.05. The minimum absolute atomic E-state index is 1.05. The summed E-state index contributed by atoms with van der Waals surface area (Å²) in [4.78, 5) is 4.25. The molecule has 104 valence electrons. The average Bonchev–Trinajstić information content (AvgIpc) is 2.46. The lowest BCUT2D eigenvalue weighted by Gasteiger charge is -2.22. The van der Waals surface area contributed by atoms with E-state index in [9.17, 15) is 0 Å². The molecule has 20 heavy (non-hydrogen) atoms. The summed E-state index contributed by atoms with van der Waals surface area (Å²) in [6.07, 6.45) is 0. The van der Waals surface area contributed by atoms with Crippen LogP contribution in [0.25, 0.3) is 5.57 Å². The molecule has 0 saturated carbocycles. The first-order valence-electron chi connectivity index (χ1n) is 6.74. The highest BCUT2D eigenvalue weighted by Crippen LogP contribution is 2.33. The predicted molar refractivity (Wildman–Crippen MR) is 89.7 cm³/mol. The Bertz CT molecular complexity index is 559. The zero-order chi connectivity index (χ0) is 14.7. The normalized spacial score (nSPS) is 10.2. The summed E-state index contributed by atoms with van der Waals surface area (Å²) in [6, 6.07) is 16.7. The second-order valence-corrected chi connectivity index (χ2v) is 5.30. The van der Waals surface area contributed by atoms with Crippen molar-refractivity contribution in [1.82, 2.24) is 0 Å². The fourth-order valence-corrected chi connectivity index (χ4v) is 2.38. The third kappa shape index (κ3) is 2.69. The molecule has 0 aliphatic carbocycles. The van der Waals surface area contributed by atoms with Crippen molar-refractivity contribution >= 4 is 16.9 Å². The molecule has 0 unspecified atom stereocenters. The summed E-state index contributed by atoms with van der Waals surface area (Å²) in [6.45, 7) is 4.33. The van der Waals surface area contributed by atoms with E-state index in [2.05, 4.69) is 93.1 Å². The van der Waals surface area contributed by atoms with Gasteiger partial charge in [0, 0.05) is 50.7 Å². The van der Waals surface area contributed by atoms with Crippen molar-refractivity contribution in [3.05, 3.63) is 66.2 Å². The highest BCUT2D eigenvalue weighted by molar-refractivity contribution is 5.89. The van der Waals surface area contributed by atoms with E-state index in [-0.39, 0.29) is 0 Å². The van der Waals surface area contributed by atoms with Crippen molar-refractivity contribution in [2.45, 2.75) is 0 Å². The van der Waals surface area contributed by atoms with Crippen LogP contribution in [-0.4, -0.2) is 28.2 Å². The molecule has 2 aromatic rings. The van der Waals surface area contributed by atoms with Gasteiger partial charge < -0.3 is 9.80 Å². The molecule has 0 bridgehead atoms.